The van der Waals surface area contributed by atoms with Gasteiger partial charge in [0.05, 0.1) is 18.8 Å². The first-order valence-electron chi connectivity index (χ1n) is 11.4. The van der Waals surface area contributed by atoms with Crippen molar-refractivity contribution in [1.82, 2.24) is 0 Å². The van der Waals surface area contributed by atoms with Gasteiger partial charge >= 0.3 is 11.9 Å². The summed E-state index contributed by atoms with van der Waals surface area (Å²) in [4.78, 5) is 24.5. The topological polar surface area (TPSA) is 106 Å². The molecule has 0 amide bonds. The molecule has 4 aliphatic rings. The van der Waals surface area contributed by atoms with Crippen LogP contribution in [0, 0.1) is 22.7 Å². The van der Waals surface area contributed by atoms with Crippen molar-refractivity contribution < 1.29 is 34.0 Å². The lowest BCUT2D eigenvalue weighted by Gasteiger charge is -2.58. The summed E-state index contributed by atoms with van der Waals surface area (Å²) < 4.78 is 17.8. The summed E-state index contributed by atoms with van der Waals surface area (Å²) in [5.74, 6) is -0.886. The van der Waals surface area contributed by atoms with Crippen LogP contribution < -0.4 is 0 Å². The average molecular weight is 437 g/mol. The molecule has 0 unspecified atom stereocenters. The van der Waals surface area contributed by atoms with Gasteiger partial charge in [0.25, 0.3) is 0 Å². The van der Waals surface area contributed by atoms with Crippen molar-refractivity contribution in [1.29, 1.82) is 0 Å². The highest BCUT2D eigenvalue weighted by Crippen LogP contribution is 2.64. The number of hydrogen-bond acceptors (Lipinski definition) is 7. The lowest BCUT2D eigenvalue weighted by atomic mass is 9.49. The fourth-order valence-electron chi connectivity index (χ4n) is 7.03. The highest BCUT2D eigenvalue weighted by molar-refractivity contribution is 5.68. The van der Waals surface area contributed by atoms with E-state index in [2.05, 4.69) is 20.8 Å². The number of hydrogen-bond donors (Lipinski definition) is 2. The minimum atomic E-state index is -0.798. The van der Waals surface area contributed by atoms with E-state index in [9.17, 15) is 19.8 Å². The SMILES string of the molecule is CC(=O)O[C@@H]1C2=C(C)[C@@H](O)C[C@@H](C[C@H]3[C@@](C)(CC[C@H](O)[C@@]34CO4)[C@H]1OC(C)=O)C2(C)C. The standard InChI is InChI=1S/C24H36O7/c1-12-16(27)9-15-10-17-23(6,8-7-18(28)24(17)11-29-24)21(31-14(3)26)20(30-13(2)25)19(12)22(15,4)5/h15-18,20-21,27-28H,7-11H2,1-6H3/t15-,16-,17-,18-,20+,21-,23+,24+/m0/s1. The average Bonchev–Trinajstić information content (AvgIpc) is 3.44. The number of aliphatic hydroxyl groups is 2. The molecular weight excluding hydrogens is 400 g/mol. The molecule has 2 bridgehead atoms. The van der Waals surface area contributed by atoms with Gasteiger partial charge in [0, 0.05) is 25.2 Å². The number of rotatable bonds is 2. The van der Waals surface area contributed by atoms with Gasteiger partial charge in [-0.1, -0.05) is 20.8 Å². The summed E-state index contributed by atoms with van der Waals surface area (Å²) in [5, 5.41) is 21.8. The van der Waals surface area contributed by atoms with Crippen molar-refractivity contribution >= 4 is 11.9 Å². The Morgan fingerprint density at radius 1 is 1.06 bits per heavy atom. The van der Waals surface area contributed by atoms with Crippen molar-refractivity contribution in [3.8, 4) is 0 Å². The third-order valence-corrected chi connectivity index (χ3v) is 8.85. The summed E-state index contributed by atoms with van der Waals surface area (Å²) >= 11 is 0. The summed E-state index contributed by atoms with van der Waals surface area (Å²) in [6, 6.07) is 0. The van der Waals surface area contributed by atoms with Crippen LogP contribution in [0.3, 0.4) is 0 Å². The molecule has 1 spiro atoms. The summed E-state index contributed by atoms with van der Waals surface area (Å²) in [7, 11) is 0. The number of aliphatic hydroxyl groups excluding tert-OH is 2. The second-order valence-electron chi connectivity index (χ2n) is 10.9. The smallest absolute Gasteiger partial charge is 0.303 e. The fraction of sp³-hybridized carbons (Fsp3) is 0.833. The molecule has 31 heavy (non-hydrogen) atoms. The Labute approximate surface area is 184 Å². The van der Waals surface area contributed by atoms with Gasteiger partial charge in [-0.05, 0) is 55.1 Å². The molecule has 3 fully saturated rings. The molecule has 1 saturated heterocycles. The minimum Gasteiger partial charge on any atom is -0.458 e. The number of carbonyl (C=O) groups is 2. The van der Waals surface area contributed by atoms with Crippen LogP contribution in [-0.2, 0) is 23.8 Å². The molecule has 0 radical (unpaired) electrons. The lowest BCUT2D eigenvalue weighted by Crippen LogP contribution is -2.63. The Morgan fingerprint density at radius 3 is 2.23 bits per heavy atom. The van der Waals surface area contributed by atoms with E-state index in [4.69, 9.17) is 14.2 Å². The van der Waals surface area contributed by atoms with Gasteiger partial charge in [-0.2, -0.15) is 0 Å². The van der Waals surface area contributed by atoms with Crippen molar-refractivity contribution in [3.05, 3.63) is 11.1 Å². The maximum absolute atomic E-state index is 12.3. The predicted molar refractivity (Wildman–Crippen MR) is 112 cm³/mol. The van der Waals surface area contributed by atoms with Gasteiger partial charge in [0.2, 0.25) is 0 Å². The zero-order chi connectivity index (χ0) is 22.9. The van der Waals surface area contributed by atoms with E-state index < -0.39 is 47.4 Å². The molecule has 2 N–H and O–H groups in total. The van der Waals surface area contributed by atoms with Crippen LogP contribution >= 0.6 is 0 Å². The lowest BCUT2D eigenvalue weighted by molar-refractivity contribution is -0.199. The van der Waals surface area contributed by atoms with Crippen LogP contribution in [0.2, 0.25) is 0 Å². The molecule has 174 valence electrons. The normalized spacial score (nSPS) is 45.9. The molecule has 0 aromatic carbocycles. The fourth-order valence-corrected chi connectivity index (χ4v) is 7.03. The number of epoxide rings is 1. The first-order chi connectivity index (χ1) is 14.3. The molecule has 7 nitrogen and oxygen atoms in total. The van der Waals surface area contributed by atoms with E-state index in [0.29, 0.717) is 25.9 Å². The van der Waals surface area contributed by atoms with E-state index in [1.165, 1.54) is 13.8 Å². The van der Waals surface area contributed by atoms with Crippen LogP contribution in [0.25, 0.3) is 0 Å². The molecular formula is C24H36O7. The molecule has 7 heteroatoms. The molecule has 8 atom stereocenters. The van der Waals surface area contributed by atoms with E-state index >= 15 is 0 Å². The largest absolute Gasteiger partial charge is 0.458 e. The van der Waals surface area contributed by atoms with E-state index in [1.54, 1.807) is 0 Å². The minimum absolute atomic E-state index is 0.0948. The zero-order valence-corrected chi connectivity index (χ0v) is 19.4. The van der Waals surface area contributed by atoms with E-state index in [0.717, 1.165) is 17.6 Å². The summed E-state index contributed by atoms with van der Waals surface area (Å²) in [6.07, 6.45) is -0.267. The number of ether oxygens (including phenoxy) is 3. The second-order valence-corrected chi connectivity index (χ2v) is 10.9. The van der Waals surface area contributed by atoms with Crippen LogP contribution in [0.1, 0.15) is 67.2 Å². The van der Waals surface area contributed by atoms with Gasteiger partial charge in [0.1, 0.15) is 11.7 Å². The molecule has 1 aliphatic heterocycles. The summed E-state index contributed by atoms with van der Waals surface area (Å²) in [5.41, 5.74) is 0.0429. The Bertz CT molecular complexity index is 811. The van der Waals surface area contributed by atoms with Crippen LogP contribution in [0.15, 0.2) is 11.1 Å². The monoisotopic (exact) mass is 436 g/mol. The molecule has 1 heterocycles. The van der Waals surface area contributed by atoms with Gasteiger partial charge in [0.15, 0.2) is 6.10 Å². The van der Waals surface area contributed by atoms with Crippen molar-refractivity contribution in [2.45, 2.75) is 97.2 Å². The highest BCUT2D eigenvalue weighted by atomic mass is 16.6. The summed E-state index contributed by atoms with van der Waals surface area (Å²) in [6.45, 7) is 11.4. The molecule has 0 aromatic rings. The van der Waals surface area contributed by atoms with Crippen molar-refractivity contribution in [2.75, 3.05) is 6.61 Å². The maximum atomic E-state index is 12.3. The van der Waals surface area contributed by atoms with Crippen LogP contribution in [-0.4, -0.2) is 58.8 Å². The van der Waals surface area contributed by atoms with Gasteiger partial charge in [-0.25, -0.2) is 0 Å². The Kier molecular flexibility index (Phi) is 5.35. The molecule has 2 saturated carbocycles. The second kappa shape index (κ2) is 7.29. The first-order valence-corrected chi connectivity index (χ1v) is 11.4. The zero-order valence-electron chi connectivity index (χ0n) is 19.4. The third-order valence-electron chi connectivity index (χ3n) is 8.85. The predicted octanol–water partition coefficient (Wildman–Crippen LogP) is 2.52. The van der Waals surface area contributed by atoms with Crippen molar-refractivity contribution in [3.63, 3.8) is 0 Å². The van der Waals surface area contributed by atoms with Crippen molar-refractivity contribution in [2.24, 2.45) is 22.7 Å². The van der Waals surface area contributed by atoms with Gasteiger partial charge < -0.3 is 24.4 Å². The van der Waals surface area contributed by atoms with Crippen LogP contribution in [0.5, 0.6) is 0 Å². The van der Waals surface area contributed by atoms with Gasteiger partial charge in [-0.3, -0.25) is 9.59 Å². The Hall–Kier alpha value is -1.44. The van der Waals surface area contributed by atoms with E-state index in [-0.39, 0.29) is 17.3 Å². The molecule has 3 aliphatic carbocycles. The molecule has 4 rings (SSSR count). The van der Waals surface area contributed by atoms with Crippen LogP contribution in [0.4, 0.5) is 0 Å². The Morgan fingerprint density at radius 2 is 1.68 bits per heavy atom. The number of fused-ring (bicyclic) bond motifs is 4. The number of carbonyl (C=O) groups excluding carboxylic acids is 2. The maximum Gasteiger partial charge on any atom is 0.303 e. The first kappa shape index (κ1) is 22.7. The Balaban J connectivity index is 1.95. The highest BCUT2D eigenvalue weighted by Gasteiger charge is 2.70. The van der Waals surface area contributed by atoms with E-state index in [1.807, 2.05) is 6.92 Å². The molecule has 0 aromatic heterocycles. The quantitative estimate of drug-likeness (QED) is 0.389. The number of esters is 2. The van der Waals surface area contributed by atoms with Gasteiger partial charge in [-0.15, -0.1) is 0 Å². The third kappa shape index (κ3) is 3.35.